The SMILES string of the molecule is CCCCC(CC)COCCCNC(=O)C(Br)(Br)Br. The van der Waals surface area contributed by atoms with Crippen molar-refractivity contribution < 1.29 is 9.53 Å². The maximum Gasteiger partial charge on any atom is 0.258 e. The third-order valence-electron chi connectivity index (χ3n) is 2.91. The summed E-state index contributed by atoms with van der Waals surface area (Å²) in [6.45, 7) is 6.58. The van der Waals surface area contributed by atoms with Crippen LogP contribution in [0.1, 0.15) is 46.0 Å². The van der Waals surface area contributed by atoms with E-state index in [0.29, 0.717) is 19.1 Å². The number of alkyl halides is 3. The van der Waals surface area contributed by atoms with Crippen LogP contribution in [0.5, 0.6) is 0 Å². The molecule has 1 unspecified atom stereocenters. The molecule has 0 spiro atoms. The highest BCUT2D eigenvalue weighted by Crippen LogP contribution is 2.33. The number of rotatable bonds is 10. The molecule has 0 heterocycles. The summed E-state index contributed by atoms with van der Waals surface area (Å²) >= 11 is 9.51. The van der Waals surface area contributed by atoms with Crippen molar-refractivity contribution >= 4 is 53.7 Å². The van der Waals surface area contributed by atoms with Crippen LogP contribution in [-0.2, 0) is 9.53 Å². The van der Waals surface area contributed by atoms with E-state index in [-0.39, 0.29) is 5.91 Å². The molecule has 0 aromatic heterocycles. The third kappa shape index (κ3) is 11.2. The molecule has 0 aliphatic rings. The molecule has 114 valence electrons. The fourth-order valence-electron chi connectivity index (χ4n) is 1.62. The number of nitrogens with one attached hydrogen (secondary N) is 1. The number of hydrogen-bond acceptors (Lipinski definition) is 2. The Balaban J connectivity index is 3.51. The number of amides is 1. The van der Waals surface area contributed by atoms with E-state index < -0.39 is 2.14 Å². The van der Waals surface area contributed by atoms with Gasteiger partial charge in [0, 0.05) is 19.8 Å². The topological polar surface area (TPSA) is 38.3 Å². The summed E-state index contributed by atoms with van der Waals surface area (Å²) in [5.74, 6) is 0.539. The van der Waals surface area contributed by atoms with Crippen LogP contribution in [-0.4, -0.2) is 27.8 Å². The highest BCUT2D eigenvalue weighted by Gasteiger charge is 2.27. The largest absolute Gasteiger partial charge is 0.381 e. The van der Waals surface area contributed by atoms with Crippen LogP contribution in [0.4, 0.5) is 0 Å². The molecule has 3 nitrogen and oxygen atoms in total. The number of halogens is 3. The monoisotopic (exact) mass is 463 g/mol. The maximum atomic E-state index is 11.5. The van der Waals surface area contributed by atoms with Gasteiger partial charge in [0.25, 0.3) is 5.91 Å². The number of unbranched alkanes of at least 4 members (excludes halogenated alkanes) is 1. The normalized spacial score (nSPS) is 13.3. The van der Waals surface area contributed by atoms with Crippen LogP contribution in [0.2, 0.25) is 0 Å². The molecule has 0 saturated heterocycles. The molecule has 1 N–H and O–H groups in total. The van der Waals surface area contributed by atoms with Gasteiger partial charge < -0.3 is 10.1 Å². The Morgan fingerprint density at radius 1 is 1.26 bits per heavy atom. The first-order chi connectivity index (χ1) is 8.91. The smallest absolute Gasteiger partial charge is 0.258 e. The first-order valence-corrected chi connectivity index (χ1v) is 9.22. The van der Waals surface area contributed by atoms with Gasteiger partial charge in [-0.15, -0.1) is 0 Å². The lowest BCUT2D eigenvalue weighted by Gasteiger charge is -2.15. The summed E-state index contributed by atoms with van der Waals surface area (Å²) in [5, 5.41) is 2.80. The van der Waals surface area contributed by atoms with Crippen molar-refractivity contribution in [3.05, 3.63) is 0 Å². The van der Waals surface area contributed by atoms with Crippen molar-refractivity contribution in [3.8, 4) is 0 Å². The average molecular weight is 466 g/mol. The minimum Gasteiger partial charge on any atom is -0.381 e. The Hall–Kier alpha value is 0.870. The Bertz CT molecular complexity index is 245. The molecule has 0 aromatic rings. The number of hydrogen-bond donors (Lipinski definition) is 1. The molecule has 0 aliphatic heterocycles. The average Bonchev–Trinajstić information content (AvgIpc) is 2.35. The molecule has 19 heavy (non-hydrogen) atoms. The summed E-state index contributed by atoms with van der Waals surface area (Å²) in [7, 11) is 0. The highest BCUT2D eigenvalue weighted by molar-refractivity contribution is 9.40. The summed E-state index contributed by atoms with van der Waals surface area (Å²) in [6.07, 6.45) is 5.79. The molecule has 0 fully saturated rings. The fourth-order valence-corrected chi connectivity index (χ4v) is 2.05. The van der Waals surface area contributed by atoms with Crippen molar-refractivity contribution in [2.75, 3.05) is 19.8 Å². The van der Waals surface area contributed by atoms with E-state index in [2.05, 4.69) is 67.0 Å². The zero-order valence-electron chi connectivity index (χ0n) is 11.7. The Kier molecular flexibility index (Phi) is 12.0. The molecule has 6 heteroatoms. The van der Waals surface area contributed by atoms with E-state index in [0.717, 1.165) is 13.0 Å². The molecule has 0 aliphatic carbocycles. The Labute approximate surface area is 142 Å². The second-order valence-corrected chi connectivity index (χ2v) is 11.4. The zero-order valence-corrected chi connectivity index (χ0v) is 16.4. The highest BCUT2D eigenvalue weighted by atomic mass is 80.0. The van der Waals surface area contributed by atoms with E-state index in [1.165, 1.54) is 25.7 Å². The fraction of sp³-hybridized carbons (Fsp3) is 0.923. The lowest BCUT2D eigenvalue weighted by molar-refractivity contribution is -0.119. The van der Waals surface area contributed by atoms with Gasteiger partial charge in [0.15, 0.2) is 0 Å². The first-order valence-electron chi connectivity index (χ1n) is 6.84. The molecular formula is C13H24Br3NO2. The van der Waals surface area contributed by atoms with Crippen molar-refractivity contribution in [3.63, 3.8) is 0 Å². The quantitative estimate of drug-likeness (QED) is 0.379. The second-order valence-electron chi connectivity index (χ2n) is 4.60. The van der Waals surface area contributed by atoms with Crippen molar-refractivity contribution in [2.24, 2.45) is 5.92 Å². The van der Waals surface area contributed by atoms with Gasteiger partial charge in [0.2, 0.25) is 2.14 Å². The minimum atomic E-state index is -0.860. The Morgan fingerprint density at radius 2 is 1.95 bits per heavy atom. The van der Waals surface area contributed by atoms with E-state index in [1.807, 2.05) is 0 Å². The zero-order chi connectivity index (χ0) is 14.7. The molecule has 0 aromatic carbocycles. The van der Waals surface area contributed by atoms with E-state index in [1.54, 1.807) is 0 Å². The standard InChI is InChI=1S/C13H24Br3NO2/c1-3-5-7-11(4-2)10-19-9-6-8-17-12(18)13(14,15)16/h11H,3-10H2,1-2H3,(H,17,18). The molecule has 1 atom stereocenters. The van der Waals surface area contributed by atoms with Gasteiger partial charge in [-0.1, -0.05) is 33.1 Å². The summed E-state index contributed by atoms with van der Waals surface area (Å²) in [5.41, 5.74) is 0. The summed E-state index contributed by atoms with van der Waals surface area (Å²) < 4.78 is 4.80. The van der Waals surface area contributed by atoms with Crippen LogP contribution in [0.3, 0.4) is 0 Å². The van der Waals surface area contributed by atoms with E-state index in [4.69, 9.17) is 4.74 Å². The van der Waals surface area contributed by atoms with Crippen LogP contribution in [0, 0.1) is 5.92 Å². The van der Waals surface area contributed by atoms with Gasteiger partial charge in [0.05, 0.1) is 0 Å². The van der Waals surface area contributed by atoms with E-state index >= 15 is 0 Å². The van der Waals surface area contributed by atoms with Crippen LogP contribution in [0.15, 0.2) is 0 Å². The number of carbonyl (C=O) groups is 1. The Morgan fingerprint density at radius 3 is 2.47 bits per heavy atom. The van der Waals surface area contributed by atoms with Gasteiger partial charge in [-0.2, -0.15) is 0 Å². The van der Waals surface area contributed by atoms with Gasteiger partial charge in [-0.05, 0) is 66.5 Å². The second kappa shape index (κ2) is 11.5. The van der Waals surface area contributed by atoms with Gasteiger partial charge in [-0.25, -0.2) is 0 Å². The lowest BCUT2D eigenvalue weighted by Crippen LogP contribution is -2.34. The van der Waals surface area contributed by atoms with Crippen LogP contribution >= 0.6 is 47.8 Å². The van der Waals surface area contributed by atoms with Crippen LogP contribution < -0.4 is 5.32 Å². The van der Waals surface area contributed by atoms with Crippen molar-refractivity contribution in [1.82, 2.24) is 5.32 Å². The predicted octanol–water partition coefficient (Wildman–Crippen LogP) is 4.56. The molecule has 0 saturated carbocycles. The molecule has 0 rings (SSSR count). The van der Waals surface area contributed by atoms with E-state index in [9.17, 15) is 4.79 Å². The van der Waals surface area contributed by atoms with Crippen molar-refractivity contribution in [1.29, 1.82) is 0 Å². The molecular weight excluding hydrogens is 442 g/mol. The number of ether oxygens (including phenoxy) is 1. The lowest BCUT2D eigenvalue weighted by atomic mass is 10.0. The van der Waals surface area contributed by atoms with Crippen molar-refractivity contribution in [2.45, 2.75) is 48.1 Å². The number of carbonyl (C=O) groups excluding carboxylic acids is 1. The first kappa shape index (κ1) is 19.9. The minimum absolute atomic E-state index is 0.137. The predicted molar refractivity (Wildman–Crippen MR) is 91.3 cm³/mol. The third-order valence-corrected chi connectivity index (χ3v) is 3.99. The van der Waals surface area contributed by atoms with Gasteiger partial charge in [0.1, 0.15) is 0 Å². The van der Waals surface area contributed by atoms with Crippen LogP contribution in [0.25, 0.3) is 0 Å². The van der Waals surface area contributed by atoms with Gasteiger partial charge in [-0.3, -0.25) is 4.79 Å². The van der Waals surface area contributed by atoms with Gasteiger partial charge >= 0.3 is 0 Å². The summed E-state index contributed by atoms with van der Waals surface area (Å²) in [4.78, 5) is 11.5. The molecule has 1 amide bonds. The molecule has 0 bridgehead atoms. The molecule has 0 radical (unpaired) electrons. The summed E-state index contributed by atoms with van der Waals surface area (Å²) in [6, 6.07) is 0. The maximum absolute atomic E-state index is 11.5.